The van der Waals surface area contributed by atoms with Crippen molar-refractivity contribution in [3.63, 3.8) is 0 Å². The van der Waals surface area contributed by atoms with Gasteiger partial charge in [0.15, 0.2) is 0 Å². The molecule has 1 unspecified atom stereocenters. The van der Waals surface area contributed by atoms with Gasteiger partial charge in [0.25, 0.3) is 5.91 Å². The zero-order valence-electron chi connectivity index (χ0n) is 11.3. The molecule has 0 spiro atoms. The number of fused-ring (bicyclic) bond motifs is 1. The van der Waals surface area contributed by atoms with Crippen LogP contribution < -0.4 is 10.1 Å². The molecule has 1 N–H and O–H groups in total. The van der Waals surface area contributed by atoms with Crippen molar-refractivity contribution in [2.45, 2.75) is 25.4 Å². The largest absolute Gasteiger partial charge is 0.496 e. The van der Waals surface area contributed by atoms with Gasteiger partial charge in [0.1, 0.15) is 11.8 Å². The van der Waals surface area contributed by atoms with Gasteiger partial charge in [-0.1, -0.05) is 11.6 Å². The van der Waals surface area contributed by atoms with Crippen molar-refractivity contribution in [2.24, 2.45) is 0 Å². The minimum absolute atomic E-state index is 0.224. The van der Waals surface area contributed by atoms with Crippen molar-refractivity contribution in [3.05, 3.63) is 28.3 Å². The molecule has 1 fully saturated rings. The summed E-state index contributed by atoms with van der Waals surface area (Å²) in [6.45, 7) is 0.247. The van der Waals surface area contributed by atoms with Gasteiger partial charge in [0.2, 0.25) is 11.8 Å². The van der Waals surface area contributed by atoms with E-state index >= 15 is 0 Å². The van der Waals surface area contributed by atoms with Crippen molar-refractivity contribution in [3.8, 4) is 5.75 Å². The third-order valence-corrected chi connectivity index (χ3v) is 4.18. The summed E-state index contributed by atoms with van der Waals surface area (Å²) in [7, 11) is 1.48. The smallest absolute Gasteiger partial charge is 0.259 e. The summed E-state index contributed by atoms with van der Waals surface area (Å²) in [5.74, 6) is -0.605. The number of ether oxygens (including phenoxy) is 1. The minimum atomic E-state index is -0.650. The Hall–Kier alpha value is -2.08. The van der Waals surface area contributed by atoms with Gasteiger partial charge in [0.05, 0.1) is 12.7 Å². The third kappa shape index (κ3) is 2.15. The van der Waals surface area contributed by atoms with Gasteiger partial charge in [0, 0.05) is 23.6 Å². The normalized spacial score (nSPS) is 21.3. The van der Waals surface area contributed by atoms with Crippen molar-refractivity contribution < 1.29 is 19.1 Å². The second kappa shape index (κ2) is 5.04. The predicted octanol–water partition coefficient (Wildman–Crippen LogP) is 1.11. The van der Waals surface area contributed by atoms with E-state index in [-0.39, 0.29) is 24.8 Å². The number of hydrogen-bond acceptors (Lipinski definition) is 4. The molecule has 0 radical (unpaired) electrons. The Labute approximate surface area is 126 Å². The Morgan fingerprint density at radius 2 is 2.10 bits per heavy atom. The number of methoxy groups -OCH3 is 1. The van der Waals surface area contributed by atoms with Crippen LogP contribution in [0.5, 0.6) is 5.75 Å². The summed E-state index contributed by atoms with van der Waals surface area (Å²) < 4.78 is 5.20. The maximum Gasteiger partial charge on any atom is 0.259 e. The monoisotopic (exact) mass is 308 g/mol. The summed E-state index contributed by atoms with van der Waals surface area (Å²) in [6, 6.07) is 2.65. The number of piperidine rings is 1. The minimum Gasteiger partial charge on any atom is -0.496 e. The van der Waals surface area contributed by atoms with E-state index in [1.165, 1.54) is 12.0 Å². The molecule has 1 saturated heterocycles. The van der Waals surface area contributed by atoms with E-state index in [1.54, 1.807) is 12.1 Å². The molecule has 21 heavy (non-hydrogen) atoms. The van der Waals surface area contributed by atoms with E-state index in [0.717, 1.165) is 0 Å². The average Bonchev–Trinajstić information content (AvgIpc) is 2.79. The molecule has 2 heterocycles. The number of nitrogens with one attached hydrogen (secondary N) is 1. The molecule has 1 aromatic rings. The molecular formula is C14H13ClN2O4. The summed E-state index contributed by atoms with van der Waals surface area (Å²) in [5.41, 5.74) is 1.06. The predicted molar refractivity (Wildman–Crippen MR) is 74.0 cm³/mol. The zero-order valence-corrected chi connectivity index (χ0v) is 12.1. The summed E-state index contributed by atoms with van der Waals surface area (Å²) in [4.78, 5) is 37.2. The molecule has 0 bridgehead atoms. The molecule has 2 aliphatic heterocycles. The Bertz CT molecular complexity index is 659. The Morgan fingerprint density at radius 3 is 2.76 bits per heavy atom. The first-order valence-corrected chi connectivity index (χ1v) is 6.90. The van der Waals surface area contributed by atoms with Crippen LogP contribution in [0.25, 0.3) is 0 Å². The van der Waals surface area contributed by atoms with E-state index < -0.39 is 11.9 Å². The highest BCUT2D eigenvalue weighted by Gasteiger charge is 2.41. The molecule has 2 aliphatic rings. The fourth-order valence-corrected chi connectivity index (χ4v) is 2.99. The van der Waals surface area contributed by atoms with Crippen LogP contribution in [-0.2, 0) is 16.1 Å². The number of rotatable bonds is 2. The Morgan fingerprint density at radius 1 is 1.33 bits per heavy atom. The van der Waals surface area contributed by atoms with Crippen LogP contribution in [0.3, 0.4) is 0 Å². The molecule has 110 valence electrons. The van der Waals surface area contributed by atoms with E-state index in [2.05, 4.69) is 5.32 Å². The van der Waals surface area contributed by atoms with Crippen LogP contribution in [0, 0.1) is 0 Å². The first-order valence-electron chi connectivity index (χ1n) is 6.53. The van der Waals surface area contributed by atoms with Crippen molar-refractivity contribution in [2.75, 3.05) is 7.11 Å². The lowest BCUT2D eigenvalue weighted by atomic mass is 10.0. The SMILES string of the molecule is COc1ccc(Cl)c2c1C(=O)N(C1CCC(=O)NC1=O)C2. The van der Waals surface area contributed by atoms with Gasteiger partial charge in [-0.05, 0) is 18.6 Å². The lowest BCUT2D eigenvalue weighted by Gasteiger charge is -2.29. The van der Waals surface area contributed by atoms with Crippen LogP contribution in [-0.4, -0.2) is 35.8 Å². The van der Waals surface area contributed by atoms with E-state index in [0.29, 0.717) is 28.3 Å². The van der Waals surface area contributed by atoms with Crippen LogP contribution in [0.2, 0.25) is 5.02 Å². The lowest BCUT2D eigenvalue weighted by molar-refractivity contribution is -0.136. The van der Waals surface area contributed by atoms with Gasteiger partial charge in [-0.25, -0.2) is 0 Å². The molecule has 0 aliphatic carbocycles. The summed E-state index contributed by atoms with van der Waals surface area (Å²) in [5, 5.41) is 2.73. The van der Waals surface area contributed by atoms with Crippen molar-refractivity contribution >= 4 is 29.3 Å². The van der Waals surface area contributed by atoms with E-state index in [1.807, 2.05) is 0 Å². The molecule has 6 nitrogen and oxygen atoms in total. The lowest BCUT2D eigenvalue weighted by Crippen LogP contribution is -2.52. The Kier molecular flexibility index (Phi) is 3.33. The van der Waals surface area contributed by atoms with Gasteiger partial charge in [-0.15, -0.1) is 0 Å². The van der Waals surface area contributed by atoms with Crippen LogP contribution in [0.15, 0.2) is 12.1 Å². The fourth-order valence-electron chi connectivity index (χ4n) is 2.78. The quantitative estimate of drug-likeness (QED) is 0.830. The highest BCUT2D eigenvalue weighted by Crippen LogP contribution is 2.37. The number of benzene rings is 1. The second-order valence-corrected chi connectivity index (χ2v) is 5.41. The summed E-state index contributed by atoms with van der Waals surface area (Å²) in [6.07, 6.45) is 0.547. The van der Waals surface area contributed by atoms with Crippen LogP contribution >= 0.6 is 11.6 Å². The molecular weight excluding hydrogens is 296 g/mol. The van der Waals surface area contributed by atoms with Gasteiger partial charge < -0.3 is 9.64 Å². The first kappa shape index (κ1) is 13.9. The average molecular weight is 309 g/mol. The highest BCUT2D eigenvalue weighted by molar-refractivity contribution is 6.32. The van der Waals surface area contributed by atoms with E-state index in [4.69, 9.17) is 16.3 Å². The molecule has 3 amide bonds. The van der Waals surface area contributed by atoms with Gasteiger partial charge >= 0.3 is 0 Å². The zero-order chi connectivity index (χ0) is 15.1. The molecule has 0 aromatic heterocycles. The Balaban J connectivity index is 1.95. The van der Waals surface area contributed by atoms with Crippen LogP contribution in [0.1, 0.15) is 28.8 Å². The van der Waals surface area contributed by atoms with Crippen molar-refractivity contribution in [1.29, 1.82) is 0 Å². The molecule has 3 rings (SSSR count). The number of carbonyl (C=O) groups is 3. The molecule has 0 saturated carbocycles. The standard InChI is InChI=1S/C14H13ClN2O4/c1-21-10-4-2-8(15)7-6-17(14(20)12(7)10)9-3-5-11(18)16-13(9)19/h2,4,9H,3,5-6H2,1H3,(H,16,18,19). The molecule has 1 aromatic carbocycles. The van der Waals surface area contributed by atoms with Crippen molar-refractivity contribution in [1.82, 2.24) is 10.2 Å². The number of nitrogens with zero attached hydrogens (tertiary/aromatic N) is 1. The number of carbonyl (C=O) groups excluding carboxylic acids is 3. The number of halogens is 1. The first-order chi connectivity index (χ1) is 10.0. The highest BCUT2D eigenvalue weighted by atomic mass is 35.5. The van der Waals surface area contributed by atoms with Gasteiger partial charge in [-0.3, -0.25) is 19.7 Å². The molecule has 7 heteroatoms. The summed E-state index contributed by atoms with van der Waals surface area (Å²) >= 11 is 6.14. The third-order valence-electron chi connectivity index (χ3n) is 3.83. The maximum atomic E-state index is 12.6. The fraction of sp³-hybridized carbons (Fsp3) is 0.357. The van der Waals surface area contributed by atoms with E-state index in [9.17, 15) is 14.4 Å². The maximum absolute atomic E-state index is 12.6. The number of imide groups is 1. The molecule has 1 atom stereocenters. The van der Waals surface area contributed by atoms with Gasteiger partial charge in [-0.2, -0.15) is 0 Å². The topological polar surface area (TPSA) is 75.7 Å². The second-order valence-electron chi connectivity index (χ2n) is 5.00. The number of amides is 3. The van der Waals surface area contributed by atoms with Crippen LogP contribution in [0.4, 0.5) is 0 Å². The number of hydrogen-bond donors (Lipinski definition) is 1.